The van der Waals surface area contributed by atoms with Crippen LogP contribution in [0.25, 0.3) is 0 Å². The number of benzene rings is 1. The molecule has 1 amide bonds. The van der Waals surface area contributed by atoms with E-state index in [1.54, 1.807) is 0 Å². The van der Waals surface area contributed by atoms with E-state index in [1.807, 2.05) is 0 Å². The molecule has 224 valence electrons. The molecule has 1 unspecified atom stereocenters. The van der Waals surface area contributed by atoms with Crippen LogP contribution in [-0.2, 0) is 17.1 Å². The summed E-state index contributed by atoms with van der Waals surface area (Å²) < 4.78 is 83.3. The first kappa shape index (κ1) is 30.9. The van der Waals surface area contributed by atoms with Crippen LogP contribution >= 0.6 is 0 Å². The molecule has 1 aromatic rings. The van der Waals surface area contributed by atoms with Crippen molar-refractivity contribution in [1.82, 2.24) is 13.7 Å². The number of carbonyl (C=O) groups is 1. The third kappa shape index (κ3) is 7.41. The van der Waals surface area contributed by atoms with Crippen LogP contribution in [0.2, 0.25) is 0 Å². The first-order valence-electron chi connectivity index (χ1n) is 13.0. The molecule has 1 aliphatic carbocycles. The number of aliphatic hydroxyl groups excluding tert-OH is 1. The molecule has 1 aromatic carbocycles. The van der Waals surface area contributed by atoms with E-state index in [1.165, 1.54) is 5.70 Å². The van der Waals surface area contributed by atoms with Gasteiger partial charge in [0.05, 0.1) is 16.7 Å². The van der Waals surface area contributed by atoms with Crippen LogP contribution in [0.1, 0.15) is 55.7 Å². The number of alkyl halides is 7. The Morgan fingerprint density at radius 2 is 1.85 bits per heavy atom. The van der Waals surface area contributed by atoms with Gasteiger partial charge in [0.25, 0.3) is 0 Å². The number of hydrogen-bond acceptors (Lipinski definition) is 4. The maximum absolute atomic E-state index is 13.3. The van der Waals surface area contributed by atoms with E-state index in [2.05, 4.69) is 31.7 Å². The Kier molecular flexibility index (Phi) is 9.29. The van der Waals surface area contributed by atoms with Crippen molar-refractivity contribution < 1.29 is 67.8 Å². The minimum atomic E-state index is -5.01. The van der Waals surface area contributed by atoms with Crippen LogP contribution in [0, 0.1) is 5.92 Å². The van der Waals surface area contributed by atoms with Crippen LogP contribution in [-0.4, -0.2) is 68.7 Å². The molecule has 0 aromatic heterocycles. The average molecular weight is 690 g/mol. The Balaban J connectivity index is 1.26. The van der Waals surface area contributed by atoms with Gasteiger partial charge in [0.15, 0.2) is 0 Å². The fraction of sp³-hybridized carbons (Fsp3) is 0.615. The molecule has 2 aliphatic heterocycles. The second-order valence-corrected chi connectivity index (χ2v) is 12.9. The summed E-state index contributed by atoms with van der Waals surface area (Å²) in [6, 6.07) is 0.835. The molecule has 40 heavy (non-hydrogen) atoms. The Labute approximate surface area is 238 Å². The van der Waals surface area contributed by atoms with Gasteiger partial charge in [-0.25, -0.2) is 4.99 Å². The van der Waals surface area contributed by atoms with Crippen molar-refractivity contribution in [2.75, 3.05) is 24.1 Å². The quantitative estimate of drug-likeness (QED) is 0.0667. The topological polar surface area (TPSA) is 98.8 Å². The second kappa shape index (κ2) is 12.0. The van der Waals surface area contributed by atoms with E-state index in [0.29, 0.717) is 19.1 Å². The second-order valence-electron chi connectivity index (χ2n) is 10.7. The number of amides is 1. The summed E-state index contributed by atoms with van der Waals surface area (Å²) in [6.07, 6.45) is -3.72. The van der Waals surface area contributed by atoms with Gasteiger partial charge in [-0.15, -0.1) is 0 Å². The van der Waals surface area contributed by atoms with Crippen molar-refractivity contribution in [3.05, 3.63) is 46.7 Å². The van der Waals surface area contributed by atoms with Crippen molar-refractivity contribution in [1.29, 1.82) is 0 Å². The molecule has 1 atom stereocenters. The molecular weight excluding hydrogens is 657 g/mol. The van der Waals surface area contributed by atoms with Gasteiger partial charge in [-0.3, -0.25) is 0 Å². The average Bonchev–Trinajstić information content (AvgIpc) is 3.08. The van der Waals surface area contributed by atoms with Crippen LogP contribution in [0.15, 0.2) is 30.0 Å². The normalized spacial score (nSPS) is 27.5. The van der Waals surface area contributed by atoms with E-state index in [-0.39, 0.29) is 51.6 Å². The first-order valence-corrected chi connectivity index (χ1v) is 15.6. The standard InChI is InChI=1S/C26H32F6IN4O3/c1-15-2-3-17(11-33-36-15)24(40)8-6-19(7-9-24)37-13-18(14-37)35-22(38)12-34-23(39)20-10-16(25(27,28)29)4-5-21(20)26(30,31)32/h2,4-5,10,17-19,36,40H,3,6-9,11-14H2,1H3,(H,34,39)(H,35,38)/q-1/p+1. The van der Waals surface area contributed by atoms with E-state index < -0.39 is 53.0 Å². The van der Waals surface area contributed by atoms with Gasteiger partial charge in [-0.2, -0.15) is 26.3 Å². The van der Waals surface area contributed by atoms with Gasteiger partial charge < -0.3 is 5.11 Å². The number of rotatable bonds is 6. The third-order valence-electron chi connectivity index (χ3n) is 7.88. The van der Waals surface area contributed by atoms with Crippen molar-refractivity contribution in [3.63, 3.8) is 0 Å². The van der Waals surface area contributed by atoms with Gasteiger partial charge in [-0.1, -0.05) is 0 Å². The van der Waals surface area contributed by atoms with Crippen LogP contribution in [0.5, 0.6) is 0 Å². The number of aliphatic hydroxyl groups is 2. The number of allylic oxidation sites excluding steroid dienone is 2. The predicted octanol–water partition coefficient (Wildman–Crippen LogP) is -0.899. The number of nitrogens with zero attached hydrogens (tertiary/aromatic N) is 1. The Morgan fingerprint density at radius 3 is 2.48 bits per heavy atom. The number of halogens is 7. The summed E-state index contributed by atoms with van der Waals surface area (Å²) in [5, 5.41) is 24.1. The summed E-state index contributed by atoms with van der Waals surface area (Å²) in [6.45, 7) is 2.60. The molecule has 0 spiro atoms. The van der Waals surface area contributed by atoms with Crippen molar-refractivity contribution in [3.8, 4) is 0 Å². The molecule has 0 bridgehead atoms. The predicted molar refractivity (Wildman–Crippen MR) is 130 cm³/mol. The number of nitrogens with one attached hydrogen (secondary N) is 3. The van der Waals surface area contributed by atoms with Gasteiger partial charge in [0.2, 0.25) is 0 Å². The zero-order valence-electron chi connectivity index (χ0n) is 21.8. The summed E-state index contributed by atoms with van der Waals surface area (Å²) in [5.41, 5.74) is -3.37. The third-order valence-corrected chi connectivity index (χ3v) is 10.6. The van der Waals surface area contributed by atoms with Crippen molar-refractivity contribution in [2.45, 2.75) is 69.1 Å². The summed E-state index contributed by atoms with van der Waals surface area (Å²) in [4.78, 5) is 16.7. The fourth-order valence-corrected chi connectivity index (χ4v) is 8.25. The van der Waals surface area contributed by atoms with E-state index in [4.69, 9.17) is 0 Å². The number of hydrogen-bond donors (Lipinski definition) is 5. The fourth-order valence-electron chi connectivity index (χ4n) is 5.50. The van der Waals surface area contributed by atoms with Crippen molar-refractivity contribution >= 4 is 11.8 Å². The first-order chi connectivity index (χ1) is 18.7. The van der Waals surface area contributed by atoms with Gasteiger partial charge in [0, 0.05) is 0 Å². The van der Waals surface area contributed by atoms with Crippen LogP contribution in [0.3, 0.4) is 0 Å². The Bertz CT molecular complexity index is 1140. The molecule has 14 heteroatoms. The molecule has 0 radical (unpaired) electrons. The monoisotopic (exact) mass is 690 g/mol. The minimum absolute atomic E-state index is 0.165. The van der Waals surface area contributed by atoms with Crippen molar-refractivity contribution in [2.24, 2.45) is 5.92 Å². The summed E-state index contributed by atoms with van der Waals surface area (Å²) in [5.74, 6) is -1.52. The number of likely N-dealkylation sites (tertiary alicyclic amines) is 1. The van der Waals surface area contributed by atoms with E-state index >= 15 is 0 Å². The van der Waals surface area contributed by atoms with Crippen LogP contribution in [0.4, 0.5) is 26.3 Å². The zero-order chi connectivity index (χ0) is 29.3. The maximum atomic E-state index is 13.3. The summed E-state index contributed by atoms with van der Waals surface area (Å²) in [7, 11) is 0. The zero-order valence-corrected chi connectivity index (χ0v) is 24.0. The van der Waals surface area contributed by atoms with E-state index in [0.717, 1.165) is 36.5 Å². The Morgan fingerprint density at radius 1 is 1.18 bits per heavy atom. The van der Waals surface area contributed by atoms with Crippen LogP contribution < -0.4 is 35.3 Å². The molecule has 2 fully saturated rings. The number of carbonyl (C=O) groups excluding carboxylic acids is 1. The molecule has 1 saturated carbocycles. The molecule has 7 nitrogen and oxygen atoms in total. The molecule has 2 heterocycles. The Hall–Kier alpha value is -2.07. The van der Waals surface area contributed by atoms with E-state index in [9.17, 15) is 41.4 Å². The van der Waals surface area contributed by atoms with Gasteiger partial charge >= 0.3 is 168 Å². The van der Waals surface area contributed by atoms with Gasteiger partial charge in [0.1, 0.15) is 0 Å². The molecule has 4 rings (SSSR count). The molecule has 5 N–H and O–H groups in total. The summed E-state index contributed by atoms with van der Waals surface area (Å²) >= 11 is -0.165. The molecule has 3 aliphatic rings. The van der Waals surface area contributed by atoms with Gasteiger partial charge in [-0.05, 0) is 18.2 Å². The molecule has 1 saturated heterocycles. The molecular formula is C26H33F6IN4O3. The SMILES string of the molecule is CC1=CCC(C2(O)CCC(N3CC(NC(=O)C[NH+]=C(O)c4cc(C(F)(F)F)ccc4C(F)(F)F)C3)CC2)C[I-]N1.